The van der Waals surface area contributed by atoms with Crippen molar-refractivity contribution < 1.29 is 14.3 Å². The summed E-state index contributed by atoms with van der Waals surface area (Å²) in [6.45, 7) is 2.42. The highest BCUT2D eigenvalue weighted by Crippen LogP contribution is 2.42. The lowest BCUT2D eigenvalue weighted by Crippen LogP contribution is -2.51. The Balaban J connectivity index is 1.16. The number of nitrogens with zero attached hydrogens (tertiary/aromatic N) is 8. The molecule has 2 saturated carbocycles. The Bertz CT molecular complexity index is 2080. The molecule has 47 heavy (non-hydrogen) atoms. The molecule has 2 amide bonds. The number of nitrogen functional groups attached to an aromatic ring is 1. The molecule has 2 saturated heterocycles. The second-order valence-corrected chi connectivity index (χ2v) is 13.5. The zero-order valence-corrected chi connectivity index (χ0v) is 26.1. The predicted octanol–water partition coefficient (Wildman–Crippen LogP) is 3.10. The number of hydrogen-bond acceptors (Lipinski definition) is 9. The van der Waals surface area contributed by atoms with Gasteiger partial charge in [-0.3, -0.25) is 9.59 Å². The Kier molecular flexibility index (Phi) is 6.30. The first-order valence-electron chi connectivity index (χ1n) is 16.4. The first-order chi connectivity index (χ1) is 22.9. The first-order valence-corrected chi connectivity index (χ1v) is 16.4. The third-order valence-corrected chi connectivity index (χ3v) is 10.6. The molecule has 0 radical (unpaired) electrons. The fourth-order valence-corrected chi connectivity index (χ4v) is 7.91. The number of likely N-dealkylation sites (tertiary alicyclic amines) is 2. The van der Waals surface area contributed by atoms with Crippen LogP contribution in [0.1, 0.15) is 52.6 Å². The van der Waals surface area contributed by atoms with Gasteiger partial charge in [0.1, 0.15) is 22.6 Å². The predicted molar refractivity (Wildman–Crippen MR) is 175 cm³/mol. The monoisotopic (exact) mass is 632 g/mol. The van der Waals surface area contributed by atoms with E-state index in [2.05, 4.69) is 31.2 Å². The van der Waals surface area contributed by atoms with Crippen molar-refractivity contribution in [3.05, 3.63) is 60.0 Å². The average molecular weight is 633 g/mol. The number of pyridine rings is 1. The molecule has 2 aliphatic carbocycles. The van der Waals surface area contributed by atoms with Crippen molar-refractivity contribution in [3.8, 4) is 17.3 Å². The fourth-order valence-electron chi connectivity index (χ4n) is 7.91. The van der Waals surface area contributed by atoms with Crippen molar-refractivity contribution in [3.63, 3.8) is 0 Å². The number of carbonyl (C=O) groups is 2. The van der Waals surface area contributed by atoms with E-state index in [1.54, 1.807) is 18.1 Å². The third-order valence-electron chi connectivity index (χ3n) is 10.6. The van der Waals surface area contributed by atoms with Crippen molar-refractivity contribution >= 4 is 39.8 Å². The molecule has 5 aromatic rings. The van der Waals surface area contributed by atoms with Crippen molar-refractivity contribution in [2.45, 2.75) is 50.4 Å². The van der Waals surface area contributed by atoms with Gasteiger partial charge in [0.2, 0.25) is 5.95 Å². The number of benzene rings is 1. The lowest BCUT2D eigenvalue weighted by atomic mass is 10.1. The maximum absolute atomic E-state index is 13.9. The minimum absolute atomic E-state index is 0.0282. The number of methoxy groups -OCH3 is 1. The molecule has 4 aromatic heterocycles. The number of aromatic nitrogens is 6. The van der Waals surface area contributed by atoms with E-state index in [1.165, 1.54) is 19.0 Å². The zero-order valence-electron chi connectivity index (χ0n) is 26.1. The highest BCUT2D eigenvalue weighted by molar-refractivity contribution is 6.01. The molecule has 2 bridgehead atoms. The maximum Gasteiger partial charge on any atom is 0.272 e. The van der Waals surface area contributed by atoms with Crippen LogP contribution in [0.15, 0.2) is 48.8 Å². The van der Waals surface area contributed by atoms with Gasteiger partial charge in [-0.25, -0.2) is 19.9 Å². The van der Waals surface area contributed by atoms with Crippen molar-refractivity contribution in [1.29, 1.82) is 0 Å². The van der Waals surface area contributed by atoms with E-state index in [0.717, 1.165) is 47.5 Å². The van der Waals surface area contributed by atoms with Crippen molar-refractivity contribution in [1.82, 2.24) is 38.9 Å². The van der Waals surface area contributed by atoms with Crippen molar-refractivity contribution in [2.75, 3.05) is 32.5 Å². The summed E-state index contributed by atoms with van der Waals surface area (Å²) < 4.78 is 10.5. The lowest BCUT2D eigenvalue weighted by Gasteiger charge is -2.40. The van der Waals surface area contributed by atoms with E-state index in [-0.39, 0.29) is 41.6 Å². The van der Waals surface area contributed by atoms with E-state index in [1.807, 2.05) is 29.3 Å². The Labute approximate surface area is 270 Å². The SMILES string of the molecule is COc1cc(C(=O)N2CC3CCC2[C@@H]3N)cc2nc(-c3cc4cccnc4n3CC3CC3)n(C3CN(C(=O)c4ccnc(N)n4)C3)c12. The van der Waals surface area contributed by atoms with Crippen LogP contribution >= 0.6 is 0 Å². The molecule has 2 unspecified atom stereocenters. The second-order valence-electron chi connectivity index (χ2n) is 13.5. The molecule has 0 spiro atoms. The van der Waals surface area contributed by atoms with Gasteiger partial charge in [-0.15, -0.1) is 0 Å². The largest absolute Gasteiger partial charge is 0.494 e. The molecule has 4 N–H and O–H groups in total. The summed E-state index contributed by atoms with van der Waals surface area (Å²) in [5.74, 6) is 2.09. The van der Waals surface area contributed by atoms with Crippen LogP contribution < -0.4 is 16.2 Å². The number of anilines is 1. The van der Waals surface area contributed by atoms with Crippen LogP contribution in [0, 0.1) is 11.8 Å². The average Bonchev–Trinajstić information content (AvgIpc) is 3.40. The molecule has 13 heteroatoms. The summed E-state index contributed by atoms with van der Waals surface area (Å²) in [6, 6.07) is 11.5. The molecule has 9 rings (SSSR count). The number of rotatable bonds is 7. The number of fused-ring (bicyclic) bond motifs is 4. The molecule has 240 valence electrons. The van der Waals surface area contributed by atoms with Crippen LogP contribution in [0.2, 0.25) is 0 Å². The fraction of sp³-hybridized carbons (Fsp3) is 0.412. The Hall–Kier alpha value is -5.04. The second kappa shape index (κ2) is 10.5. The Morgan fingerprint density at radius 1 is 0.979 bits per heavy atom. The van der Waals surface area contributed by atoms with Crippen LogP contribution in [0.5, 0.6) is 5.75 Å². The molecular formula is C34H36N10O3. The minimum atomic E-state index is -0.202. The van der Waals surface area contributed by atoms with E-state index in [0.29, 0.717) is 48.3 Å². The minimum Gasteiger partial charge on any atom is -0.494 e. The van der Waals surface area contributed by atoms with E-state index in [9.17, 15) is 9.59 Å². The molecular weight excluding hydrogens is 596 g/mol. The summed E-state index contributed by atoms with van der Waals surface area (Å²) in [5, 5.41) is 1.04. The first kappa shape index (κ1) is 28.2. The van der Waals surface area contributed by atoms with Gasteiger partial charge in [0.25, 0.3) is 11.8 Å². The molecule has 2 aliphatic heterocycles. The summed E-state index contributed by atoms with van der Waals surface area (Å²) in [5.41, 5.74) is 16.4. The van der Waals surface area contributed by atoms with E-state index >= 15 is 0 Å². The van der Waals surface area contributed by atoms with Gasteiger partial charge >= 0.3 is 0 Å². The van der Waals surface area contributed by atoms with Gasteiger partial charge in [-0.1, -0.05) is 0 Å². The molecule has 1 aromatic carbocycles. The topological polar surface area (TPSA) is 163 Å². The van der Waals surface area contributed by atoms with Crippen LogP contribution in [0.25, 0.3) is 33.6 Å². The zero-order chi connectivity index (χ0) is 32.0. The van der Waals surface area contributed by atoms with Crippen LogP contribution in [0.3, 0.4) is 0 Å². The number of ether oxygens (including phenoxy) is 1. The van der Waals surface area contributed by atoms with E-state index < -0.39 is 0 Å². The normalized spacial score (nSPS) is 22.4. The van der Waals surface area contributed by atoms with Gasteiger partial charge in [0.05, 0.1) is 24.4 Å². The van der Waals surface area contributed by atoms with Crippen LogP contribution in [0.4, 0.5) is 5.95 Å². The highest BCUT2D eigenvalue weighted by atomic mass is 16.5. The van der Waals surface area contributed by atoms with Crippen LogP contribution in [-0.4, -0.2) is 89.5 Å². The summed E-state index contributed by atoms with van der Waals surface area (Å²) in [6.07, 6.45) is 7.71. The number of imidazole rings is 1. The molecule has 3 atom stereocenters. The Morgan fingerprint density at radius 2 is 1.83 bits per heavy atom. The standard InChI is InChI=1S/C34H36N10O3/c1-47-27-13-21(32(45)43-15-20-6-7-25(43)28(20)35)11-24-29(27)44(22-16-41(17-22)33(46)23-8-10-38-34(36)40-23)31(39-24)26-12-19-3-2-9-37-30(19)42(26)14-18-4-5-18/h2-3,8-13,18,20,22,25,28H,4-7,14-17,35H2,1H3,(H2,36,38,40)/t20?,25?,28-/m1/s1. The van der Waals surface area contributed by atoms with Crippen LogP contribution in [-0.2, 0) is 6.54 Å². The van der Waals surface area contributed by atoms with Gasteiger partial charge in [-0.2, -0.15) is 0 Å². The van der Waals surface area contributed by atoms with Gasteiger partial charge in [0.15, 0.2) is 5.82 Å². The summed E-state index contributed by atoms with van der Waals surface area (Å²) in [4.78, 5) is 49.0. The molecule has 13 nitrogen and oxygen atoms in total. The number of carbonyl (C=O) groups excluding carboxylic acids is 2. The molecule has 4 fully saturated rings. The van der Waals surface area contributed by atoms with E-state index in [4.69, 9.17) is 26.2 Å². The number of nitrogens with two attached hydrogens (primary N) is 2. The van der Waals surface area contributed by atoms with Gasteiger partial charge in [0, 0.05) is 61.6 Å². The lowest BCUT2D eigenvalue weighted by molar-refractivity contribution is 0.0521. The molecule has 6 heterocycles. The number of amides is 2. The third kappa shape index (κ3) is 4.47. The highest BCUT2D eigenvalue weighted by Gasteiger charge is 2.47. The quantitative estimate of drug-likeness (QED) is 0.274. The number of hydrogen-bond donors (Lipinski definition) is 2. The summed E-state index contributed by atoms with van der Waals surface area (Å²) in [7, 11) is 1.62. The Morgan fingerprint density at radius 3 is 2.55 bits per heavy atom. The number of piperidine rings is 1. The maximum atomic E-state index is 13.9. The summed E-state index contributed by atoms with van der Waals surface area (Å²) >= 11 is 0. The van der Waals surface area contributed by atoms with Crippen molar-refractivity contribution in [2.24, 2.45) is 17.6 Å². The molecule has 4 aliphatic rings. The van der Waals surface area contributed by atoms with Gasteiger partial charge in [-0.05, 0) is 73.9 Å². The smallest absolute Gasteiger partial charge is 0.272 e. The van der Waals surface area contributed by atoms with Gasteiger partial charge < -0.3 is 35.1 Å².